The first-order valence-corrected chi connectivity index (χ1v) is 10.6. The Bertz CT molecular complexity index is 959. The number of hydrogen-bond acceptors (Lipinski definition) is 7. The fraction of sp³-hybridized carbons (Fsp3) is 0.500. The third-order valence-corrected chi connectivity index (χ3v) is 5.56. The molecule has 2 fully saturated rings. The maximum atomic E-state index is 13.1. The number of likely N-dealkylation sites (tertiary alicyclic amines) is 1. The summed E-state index contributed by atoms with van der Waals surface area (Å²) in [6, 6.07) is 5.58. The van der Waals surface area contributed by atoms with Crippen molar-refractivity contribution in [2.45, 2.75) is 51.2 Å². The van der Waals surface area contributed by atoms with E-state index in [-0.39, 0.29) is 11.8 Å². The SMILES string of the molecule is C/C(N)=C/c1nc(NC2CCCN(C)C2)nnc1-c1ccc(C2CC2)cc1OC(F)F. The molecule has 0 spiro atoms. The first-order chi connectivity index (χ1) is 14.9. The van der Waals surface area contributed by atoms with E-state index < -0.39 is 6.61 Å². The zero-order valence-electron chi connectivity index (χ0n) is 17.8. The summed E-state index contributed by atoms with van der Waals surface area (Å²) in [5.41, 5.74) is 8.66. The number of rotatable bonds is 7. The van der Waals surface area contributed by atoms with Crippen LogP contribution < -0.4 is 15.8 Å². The molecule has 166 valence electrons. The molecule has 2 aromatic rings. The Hall–Kier alpha value is -2.81. The molecule has 1 saturated heterocycles. The molecule has 1 aliphatic heterocycles. The van der Waals surface area contributed by atoms with Gasteiger partial charge in [-0.1, -0.05) is 6.07 Å². The zero-order valence-corrected chi connectivity index (χ0v) is 17.8. The third-order valence-electron chi connectivity index (χ3n) is 5.56. The van der Waals surface area contributed by atoms with Crippen LogP contribution in [0.15, 0.2) is 23.9 Å². The maximum absolute atomic E-state index is 13.1. The Morgan fingerprint density at radius 3 is 2.77 bits per heavy atom. The summed E-state index contributed by atoms with van der Waals surface area (Å²) < 4.78 is 31.1. The van der Waals surface area contributed by atoms with E-state index in [0.29, 0.717) is 34.5 Å². The predicted octanol–water partition coefficient (Wildman–Crippen LogP) is 3.84. The minimum atomic E-state index is -2.94. The molecule has 1 atom stereocenters. The number of nitrogens with two attached hydrogens (primary N) is 1. The number of likely N-dealkylation sites (N-methyl/N-ethyl adjacent to an activating group) is 1. The highest BCUT2D eigenvalue weighted by Gasteiger charge is 2.26. The molecule has 0 bridgehead atoms. The van der Waals surface area contributed by atoms with Crippen molar-refractivity contribution in [3.05, 3.63) is 35.2 Å². The second kappa shape index (κ2) is 9.13. The van der Waals surface area contributed by atoms with Crippen LogP contribution in [0.5, 0.6) is 5.75 Å². The van der Waals surface area contributed by atoms with E-state index in [9.17, 15) is 8.78 Å². The van der Waals surface area contributed by atoms with Gasteiger partial charge in [0.2, 0.25) is 5.95 Å². The van der Waals surface area contributed by atoms with Gasteiger partial charge in [0.05, 0.1) is 5.69 Å². The Balaban J connectivity index is 1.69. The highest BCUT2D eigenvalue weighted by atomic mass is 19.3. The minimum absolute atomic E-state index is 0.0782. The van der Waals surface area contributed by atoms with Crippen LogP contribution in [0.2, 0.25) is 0 Å². The van der Waals surface area contributed by atoms with E-state index in [2.05, 4.69) is 32.4 Å². The number of benzene rings is 1. The van der Waals surface area contributed by atoms with Gasteiger partial charge in [0.25, 0.3) is 0 Å². The molecule has 7 nitrogen and oxygen atoms in total. The lowest BCUT2D eigenvalue weighted by atomic mass is 10.0. The van der Waals surface area contributed by atoms with Gasteiger partial charge in [-0.25, -0.2) is 4.98 Å². The second-order valence-electron chi connectivity index (χ2n) is 8.41. The summed E-state index contributed by atoms with van der Waals surface area (Å²) in [5.74, 6) is 0.876. The highest BCUT2D eigenvalue weighted by Crippen LogP contribution is 2.43. The summed E-state index contributed by atoms with van der Waals surface area (Å²) in [4.78, 5) is 6.85. The molecule has 1 aliphatic carbocycles. The number of ether oxygens (including phenoxy) is 1. The van der Waals surface area contributed by atoms with E-state index in [1.165, 1.54) is 0 Å². The van der Waals surface area contributed by atoms with Crippen LogP contribution in [0.4, 0.5) is 14.7 Å². The van der Waals surface area contributed by atoms with Crippen molar-refractivity contribution >= 4 is 12.0 Å². The first kappa shape index (κ1) is 21.4. The van der Waals surface area contributed by atoms with Gasteiger partial charge < -0.3 is 20.7 Å². The smallest absolute Gasteiger partial charge is 0.387 e. The molecule has 3 N–H and O–H groups in total. The van der Waals surface area contributed by atoms with Gasteiger partial charge in [-0.2, -0.15) is 8.78 Å². The molecule has 31 heavy (non-hydrogen) atoms. The summed E-state index contributed by atoms with van der Waals surface area (Å²) in [6.07, 6.45) is 5.91. The van der Waals surface area contributed by atoms with E-state index in [0.717, 1.165) is 44.3 Å². The Morgan fingerprint density at radius 2 is 2.10 bits per heavy atom. The monoisotopic (exact) mass is 430 g/mol. The number of aromatic nitrogens is 3. The molecule has 1 aromatic heterocycles. The molecule has 0 radical (unpaired) electrons. The number of piperidine rings is 1. The number of hydrogen-bond donors (Lipinski definition) is 2. The molecule has 1 aromatic carbocycles. The van der Waals surface area contributed by atoms with E-state index in [4.69, 9.17) is 10.5 Å². The Kier molecular flexibility index (Phi) is 6.31. The fourth-order valence-electron chi connectivity index (χ4n) is 3.97. The number of halogens is 2. The van der Waals surface area contributed by atoms with E-state index in [1.54, 1.807) is 25.1 Å². The van der Waals surface area contributed by atoms with Crippen LogP contribution in [-0.4, -0.2) is 52.9 Å². The zero-order chi connectivity index (χ0) is 22.0. The second-order valence-corrected chi connectivity index (χ2v) is 8.41. The van der Waals surface area contributed by atoms with E-state index >= 15 is 0 Å². The molecule has 1 saturated carbocycles. The highest BCUT2D eigenvalue weighted by molar-refractivity contribution is 5.75. The summed E-state index contributed by atoms with van der Waals surface area (Å²) in [5, 5.41) is 11.9. The normalized spacial score (nSPS) is 20.2. The molecule has 4 rings (SSSR count). The number of allylic oxidation sites excluding steroid dienone is 1. The lowest BCUT2D eigenvalue weighted by molar-refractivity contribution is -0.0495. The van der Waals surface area contributed by atoms with Crippen LogP contribution in [0.3, 0.4) is 0 Å². The van der Waals surface area contributed by atoms with Gasteiger partial charge in [-0.05, 0) is 75.9 Å². The Morgan fingerprint density at radius 1 is 1.29 bits per heavy atom. The molecular formula is C22H28F2N6O. The molecule has 2 aliphatic rings. The minimum Gasteiger partial charge on any atom is -0.434 e. The number of alkyl halides is 2. The Labute approximate surface area is 180 Å². The topological polar surface area (TPSA) is 89.2 Å². The van der Waals surface area contributed by atoms with Crippen LogP contribution in [0.25, 0.3) is 17.3 Å². The van der Waals surface area contributed by atoms with Gasteiger partial charge in [-0.15, -0.1) is 10.2 Å². The van der Waals surface area contributed by atoms with Crippen molar-refractivity contribution in [2.24, 2.45) is 5.73 Å². The van der Waals surface area contributed by atoms with Gasteiger partial charge in [0.1, 0.15) is 11.4 Å². The molecule has 9 heteroatoms. The average molecular weight is 431 g/mol. The van der Waals surface area contributed by atoms with E-state index in [1.807, 2.05) is 6.07 Å². The maximum Gasteiger partial charge on any atom is 0.387 e. The van der Waals surface area contributed by atoms with Crippen molar-refractivity contribution in [1.82, 2.24) is 20.1 Å². The lowest BCUT2D eigenvalue weighted by Gasteiger charge is -2.30. The largest absolute Gasteiger partial charge is 0.434 e. The van der Waals surface area contributed by atoms with Gasteiger partial charge in [0.15, 0.2) is 0 Å². The average Bonchev–Trinajstić information content (AvgIpc) is 3.53. The van der Waals surface area contributed by atoms with Crippen molar-refractivity contribution in [3.63, 3.8) is 0 Å². The van der Waals surface area contributed by atoms with Crippen molar-refractivity contribution in [2.75, 3.05) is 25.5 Å². The first-order valence-electron chi connectivity index (χ1n) is 10.6. The van der Waals surface area contributed by atoms with Crippen molar-refractivity contribution in [3.8, 4) is 17.0 Å². The van der Waals surface area contributed by atoms with Crippen LogP contribution in [0.1, 0.15) is 49.8 Å². The summed E-state index contributed by atoms with van der Waals surface area (Å²) >= 11 is 0. The number of anilines is 1. The molecular weight excluding hydrogens is 402 g/mol. The van der Waals surface area contributed by atoms with Crippen molar-refractivity contribution < 1.29 is 13.5 Å². The van der Waals surface area contributed by atoms with Crippen LogP contribution in [0, 0.1) is 0 Å². The van der Waals surface area contributed by atoms with Crippen LogP contribution in [-0.2, 0) is 0 Å². The number of nitrogens with zero attached hydrogens (tertiary/aromatic N) is 4. The summed E-state index contributed by atoms with van der Waals surface area (Å²) in [7, 11) is 2.08. The quantitative estimate of drug-likeness (QED) is 0.690. The fourth-order valence-corrected chi connectivity index (χ4v) is 3.97. The third kappa shape index (κ3) is 5.46. The standard InChI is InChI=1S/C22H28F2N6O/c1-13(25)10-18-20(28-29-22(27-18)26-16-4-3-9-30(2)12-16)17-8-7-15(14-5-6-14)11-19(17)31-21(23)24/h7-8,10-11,14,16,21H,3-6,9,12,25H2,1-2H3,(H,26,27,29)/b13-10-. The summed E-state index contributed by atoms with van der Waals surface area (Å²) in [6.45, 7) is 0.761. The molecule has 2 heterocycles. The van der Waals surface area contributed by atoms with Gasteiger partial charge in [0, 0.05) is 23.8 Å². The van der Waals surface area contributed by atoms with Crippen LogP contribution >= 0.6 is 0 Å². The van der Waals surface area contributed by atoms with Crippen molar-refractivity contribution in [1.29, 1.82) is 0 Å². The molecule has 0 amide bonds. The molecule has 1 unspecified atom stereocenters. The van der Waals surface area contributed by atoms with Gasteiger partial charge in [-0.3, -0.25) is 0 Å². The number of nitrogens with one attached hydrogen (secondary N) is 1. The van der Waals surface area contributed by atoms with Gasteiger partial charge >= 0.3 is 6.61 Å². The predicted molar refractivity (Wildman–Crippen MR) is 116 cm³/mol. The lowest BCUT2D eigenvalue weighted by Crippen LogP contribution is -2.40.